The Morgan fingerprint density at radius 1 is 1.00 bits per heavy atom. The van der Waals surface area contributed by atoms with Gasteiger partial charge in [0.05, 0.1) is 5.60 Å². The Kier molecular flexibility index (Phi) is 5.63. The topological polar surface area (TPSA) is 22.1 Å². The van der Waals surface area contributed by atoms with Gasteiger partial charge in [-0.15, -0.1) is 0 Å². The van der Waals surface area contributed by atoms with E-state index in [1.165, 1.54) is 74.5 Å². The molecule has 1 aliphatic carbocycles. The zero-order valence-electron chi connectivity index (χ0n) is 16.8. The lowest BCUT2D eigenvalue weighted by Crippen LogP contribution is -2.46. The summed E-state index contributed by atoms with van der Waals surface area (Å²) in [6.07, 6.45) is 16.5. The van der Waals surface area contributed by atoms with E-state index in [1.807, 2.05) is 12.4 Å². The Balaban J connectivity index is 1.45. The van der Waals surface area contributed by atoms with Crippen molar-refractivity contribution < 1.29 is 4.74 Å². The Labute approximate surface area is 164 Å². The van der Waals surface area contributed by atoms with Gasteiger partial charge >= 0.3 is 0 Å². The third kappa shape index (κ3) is 4.27. The molecule has 2 aliphatic rings. The highest BCUT2D eigenvalue weighted by atomic mass is 16.5. The fourth-order valence-corrected chi connectivity index (χ4v) is 5.53. The number of unbranched alkanes of at least 4 members (excludes halogenated alkanes) is 1. The lowest BCUT2D eigenvalue weighted by Gasteiger charge is -2.47. The van der Waals surface area contributed by atoms with Gasteiger partial charge in [-0.1, -0.05) is 49.1 Å². The fraction of sp³-hybridized carbons (Fsp3) is 0.560. The van der Waals surface area contributed by atoms with Gasteiger partial charge in [0.2, 0.25) is 0 Å². The molecule has 2 aromatic rings. The first kappa shape index (κ1) is 18.7. The van der Waals surface area contributed by atoms with Crippen LogP contribution < -0.4 is 0 Å². The van der Waals surface area contributed by atoms with Gasteiger partial charge in [-0.05, 0) is 75.1 Å². The standard InChI is InChI=1S/C25H33NO/c1-21-7-6-9-22(19-21)8-2-3-12-24(23-10-16-26-17-11-23)15-18-27-25(20-24)13-4-5-14-25/h6-7,9-11,16-17,19H,2-5,8,12-15,18,20H2,1H3/t24-/m1/s1. The van der Waals surface area contributed by atoms with Crippen LogP contribution in [-0.2, 0) is 16.6 Å². The minimum Gasteiger partial charge on any atom is -0.375 e. The number of pyridine rings is 1. The van der Waals surface area contributed by atoms with Crippen LogP contribution in [0.25, 0.3) is 0 Å². The van der Waals surface area contributed by atoms with E-state index in [4.69, 9.17) is 4.74 Å². The lowest BCUT2D eigenvalue weighted by molar-refractivity contribution is -0.104. The molecule has 1 spiro atoms. The van der Waals surface area contributed by atoms with Gasteiger partial charge < -0.3 is 4.74 Å². The SMILES string of the molecule is Cc1cccc(CCCC[C@@]2(c3ccncc3)CCOC3(CCCC3)C2)c1. The number of ether oxygens (including phenoxy) is 1. The molecule has 0 unspecified atom stereocenters. The molecule has 0 radical (unpaired) electrons. The van der Waals surface area contributed by atoms with Crippen molar-refractivity contribution in [3.8, 4) is 0 Å². The molecule has 2 fully saturated rings. The molecule has 1 saturated heterocycles. The van der Waals surface area contributed by atoms with Crippen LogP contribution in [0, 0.1) is 6.92 Å². The van der Waals surface area contributed by atoms with Crippen molar-refractivity contribution in [3.05, 3.63) is 65.5 Å². The average molecular weight is 364 g/mol. The predicted molar refractivity (Wildman–Crippen MR) is 111 cm³/mol. The molecule has 1 atom stereocenters. The summed E-state index contributed by atoms with van der Waals surface area (Å²) in [7, 11) is 0. The third-order valence-corrected chi connectivity index (χ3v) is 6.91. The van der Waals surface area contributed by atoms with Crippen LogP contribution in [-0.4, -0.2) is 17.2 Å². The number of aryl methyl sites for hydroxylation is 2. The van der Waals surface area contributed by atoms with Crippen molar-refractivity contribution in [1.29, 1.82) is 0 Å². The molecule has 1 aromatic carbocycles. The molecule has 2 heterocycles. The van der Waals surface area contributed by atoms with E-state index in [2.05, 4.69) is 48.3 Å². The van der Waals surface area contributed by atoms with E-state index in [0.717, 1.165) is 13.0 Å². The van der Waals surface area contributed by atoms with E-state index in [-0.39, 0.29) is 11.0 Å². The second-order valence-electron chi connectivity index (χ2n) is 8.88. The van der Waals surface area contributed by atoms with Gasteiger partial charge in [0.25, 0.3) is 0 Å². The Morgan fingerprint density at radius 2 is 1.81 bits per heavy atom. The molecule has 27 heavy (non-hydrogen) atoms. The van der Waals surface area contributed by atoms with Crippen LogP contribution in [0.2, 0.25) is 0 Å². The lowest BCUT2D eigenvalue weighted by atomic mass is 9.65. The molecule has 2 nitrogen and oxygen atoms in total. The van der Waals surface area contributed by atoms with Crippen molar-refractivity contribution in [2.75, 3.05) is 6.61 Å². The monoisotopic (exact) mass is 363 g/mol. The summed E-state index contributed by atoms with van der Waals surface area (Å²) in [6, 6.07) is 13.5. The molecular formula is C25H33NO. The van der Waals surface area contributed by atoms with Gasteiger partial charge in [0.1, 0.15) is 0 Å². The number of aromatic nitrogens is 1. The number of nitrogens with zero attached hydrogens (tertiary/aromatic N) is 1. The summed E-state index contributed by atoms with van der Waals surface area (Å²) in [6.45, 7) is 3.10. The molecule has 2 heteroatoms. The Morgan fingerprint density at radius 3 is 2.59 bits per heavy atom. The molecular weight excluding hydrogens is 330 g/mol. The quantitative estimate of drug-likeness (QED) is 0.573. The van der Waals surface area contributed by atoms with Crippen molar-refractivity contribution in [1.82, 2.24) is 4.98 Å². The number of benzene rings is 1. The summed E-state index contributed by atoms with van der Waals surface area (Å²) in [5.41, 5.74) is 4.76. The van der Waals surface area contributed by atoms with E-state index >= 15 is 0 Å². The van der Waals surface area contributed by atoms with Crippen molar-refractivity contribution in [2.45, 2.75) is 82.1 Å². The molecule has 0 N–H and O–H groups in total. The van der Waals surface area contributed by atoms with E-state index in [0.29, 0.717) is 0 Å². The molecule has 1 aliphatic heterocycles. The minimum absolute atomic E-state index is 0.151. The largest absolute Gasteiger partial charge is 0.375 e. The highest BCUT2D eigenvalue weighted by molar-refractivity contribution is 5.26. The second-order valence-corrected chi connectivity index (χ2v) is 8.88. The van der Waals surface area contributed by atoms with Crippen LogP contribution in [0.15, 0.2) is 48.8 Å². The minimum atomic E-state index is 0.151. The number of hydrogen-bond acceptors (Lipinski definition) is 2. The van der Waals surface area contributed by atoms with Crippen LogP contribution in [0.3, 0.4) is 0 Å². The predicted octanol–water partition coefficient (Wildman–Crippen LogP) is 6.16. The van der Waals surface area contributed by atoms with Gasteiger partial charge in [-0.3, -0.25) is 4.98 Å². The normalized spacial score (nSPS) is 24.3. The fourth-order valence-electron chi connectivity index (χ4n) is 5.53. The molecule has 0 amide bonds. The van der Waals surface area contributed by atoms with E-state index in [9.17, 15) is 0 Å². The molecule has 4 rings (SSSR count). The smallest absolute Gasteiger partial charge is 0.0691 e. The first-order chi connectivity index (χ1) is 13.2. The summed E-state index contributed by atoms with van der Waals surface area (Å²) >= 11 is 0. The maximum absolute atomic E-state index is 6.38. The number of rotatable bonds is 6. The molecule has 1 aromatic heterocycles. The Bertz CT molecular complexity index is 735. The van der Waals surface area contributed by atoms with Crippen LogP contribution >= 0.6 is 0 Å². The second kappa shape index (κ2) is 8.14. The maximum atomic E-state index is 6.38. The van der Waals surface area contributed by atoms with Gasteiger partial charge in [-0.25, -0.2) is 0 Å². The summed E-state index contributed by atoms with van der Waals surface area (Å²) < 4.78 is 6.38. The zero-order chi connectivity index (χ0) is 18.6. The third-order valence-electron chi connectivity index (χ3n) is 6.91. The molecule has 0 bridgehead atoms. The van der Waals surface area contributed by atoms with E-state index in [1.54, 1.807) is 0 Å². The maximum Gasteiger partial charge on any atom is 0.0691 e. The van der Waals surface area contributed by atoms with Gasteiger partial charge in [0.15, 0.2) is 0 Å². The highest BCUT2D eigenvalue weighted by Crippen LogP contribution is 2.50. The van der Waals surface area contributed by atoms with Crippen LogP contribution in [0.4, 0.5) is 0 Å². The first-order valence-electron chi connectivity index (χ1n) is 10.8. The number of hydrogen-bond donors (Lipinski definition) is 0. The zero-order valence-corrected chi connectivity index (χ0v) is 16.8. The van der Waals surface area contributed by atoms with Crippen LogP contribution in [0.1, 0.15) is 74.5 Å². The van der Waals surface area contributed by atoms with E-state index < -0.39 is 0 Å². The molecule has 144 valence electrons. The Hall–Kier alpha value is -1.67. The van der Waals surface area contributed by atoms with Crippen molar-refractivity contribution >= 4 is 0 Å². The average Bonchev–Trinajstić information content (AvgIpc) is 3.13. The van der Waals surface area contributed by atoms with Gasteiger partial charge in [0, 0.05) is 24.4 Å². The summed E-state index contributed by atoms with van der Waals surface area (Å²) in [5.74, 6) is 0. The summed E-state index contributed by atoms with van der Waals surface area (Å²) in [5, 5.41) is 0. The molecule has 1 saturated carbocycles. The van der Waals surface area contributed by atoms with Gasteiger partial charge in [-0.2, -0.15) is 0 Å². The van der Waals surface area contributed by atoms with Crippen molar-refractivity contribution in [2.24, 2.45) is 0 Å². The summed E-state index contributed by atoms with van der Waals surface area (Å²) in [4.78, 5) is 4.27. The van der Waals surface area contributed by atoms with Crippen LogP contribution in [0.5, 0.6) is 0 Å². The first-order valence-corrected chi connectivity index (χ1v) is 10.8. The van der Waals surface area contributed by atoms with Crippen molar-refractivity contribution in [3.63, 3.8) is 0 Å². The highest BCUT2D eigenvalue weighted by Gasteiger charge is 2.47.